The first kappa shape index (κ1) is 13.1. The number of aliphatic hydroxyl groups excluding tert-OH is 1. The number of hydrogen-bond donors (Lipinski definition) is 2. The van der Waals surface area contributed by atoms with Crippen LogP contribution in [0.15, 0.2) is 28.7 Å². The summed E-state index contributed by atoms with van der Waals surface area (Å²) in [5, 5.41) is 13.8. The van der Waals surface area contributed by atoms with Gasteiger partial charge in [0.1, 0.15) is 11.3 Å². The molecule has 1 heterocycles. The fourth-order valence-corrected chi connectivity index (χ4v) is 2.27. The van der Waals surface area contributed by atoms with Gasteiger partial charge in [-0.3, -0.25) is 0 Å². The van der Waals surface area contributed by atoms with E-state index >= 15 is 0 Å². The summed E-state index contributed by atoms with van der Waals surface area (Å²) in [7, 11) is 0. The molecule has 2 rings (SSSR count). The third-order valence-corrected chi connectivity index (χ3v) is 3.20. The molecule has 2 unspecified atom stereocenters. The third kappa shape index (κ3) is 2.57. The Kier molecular flexibility index (Phi) is 4.04. The minimum absolute atomic E-state index is 0.113. The molecular formula is C15H21NO2. The van der Waals surface area contributed by atoms with Crippen molar-refractivity contribution in [3.63, 3.8) is 0 Å². The summed E-state index contributed by atoms with van der Waals surface area (Å²) in [4.78, 5) is 0. The van der Waals surface area contributed by atoms with Crippen molar-refractivity contribution < 1.29 is 9.52 Å². The second-order valence-electron chi connectivity index (χ2n) is 4.77. The van der Waals surface area contributed by atoms with Crippen LogP contribution in [0.4, 0.5) is 0 Å². The third-order valence-electron chi connectivity index (χ3n) is 3.20. The minimum atomic E-state index is -0.345. The van der Waals surface area contributed by atoms with Crippen molar-refractivity contribution in [2.45, 2.75) is 39.3 Å². The molecular weight excluding hydrogens is 226 g/mol. The lowest BCUT2D eigenvalue weighted by Crippen LogP contribution is -2.27. The number of para-hydroxylation sites is 1. The topological polar surface area (TPSA) is 45.4 Å². The van der Waals surface area contributed by atoms with Crippen LogP contribution >= 0.6 is 0 Å². The number of aryl methyl sites for hydroxylation is 1. The Morgan fingerprint density at radius 2 is 2.00 bits per heavy atom. The first-order valence-corrected chi connectivity index (χ1v) is 6.55. The molecule has 2 atom stereocenters. The Labute approximate surface area is 108 Å². The van der Waals surface area contributed by atoms with Gasteiger partial charge in [-0.15, -0.1) is 0 Å². The predicted octanol–water partition coefficient (Wildman–Crippen LogP) is 3.03. The first-order valence-electron chi connectivity index (χ1n) is 6.55. The summed E-state index contributed by atoms with van der Waals surface area (Å²) in [6.45, 7) is 6.56. The molecule has 3 heteroatoms. The summed E-state index contributed by atoms with van der Waals surface area (Å²) < 4.78 is 5.94. The normalized spacial score (nSPS) is 14.9. The van der Waals surface area contributed by atoms with Crippen LogP contribution in [0.1, 0.15) is 38.1 Å². The van der Waals surface area contributed by atoms with E-state index in [0.717, 1.165) is 17.8 Å². The van der Waals surface area contributed by atoms with Crippen LogP contribution in [0.25, 0.3) is 11.0 Å². The Morgan fingerprint density at radius 3 is 2.67 bits per heavy atom. The maximum atomic E-state index is 9.32. The fraction of sp³-hybridized carbons (Fsp3) is 0.467. The molecule has 0 aliphatic carbocycles. The van der Waals surface area contributed by atoms with Crippen molar-refractivity contribution in [2.24, 2.45) is 0 Å². The van der Waals surface area contributed by atoms with Crippen LogP contribution in [-0.2, 0) is 6.42 Å². The monoisotopic (exact) mass is 247 g/mol. The molecule has 0 aliphatic heterocycles. The second kappa shape index (κ2) is 5.55. The van der Waals surface area contributed by atoms with Crippen LogP contribution in [0.2, 0.25) is 0 Å². The van der Waals surface area contributed by atoms with E-state index < -0.39 is 0 Å². The highest BCUT2D eigenvalue weighted by Crippen LogP contribution is 2.30. The average molecular weight is 247 g/mol. The van der Waals surface area contributed by atoms with Gasteiger partial charge in [-0.2, -0.15) is 0 Å². The van der Waals surface area contributed by atoms with Crippen molar-refractivity contribution in [3.05, 3.63) is 35.6 Å². The van der Waals surface area contributed by atoms with Crippen LogP contribution in [-0.4, -0.2) is 17.8 Å². The van der Waals surface area contributed by atoms with Gasteiger partial charge in [0, 0.05) is 17.5 Å². The van der Waals surface area contributed by atoms with Gasteiger partial charge in [-0.25, -0.2) is 0 Å². The van der Waals surface area contributed by atoms with Gasteiger partial charge >= 0.3 is 0 Å². The fourth-order valence-electron chi connectivity index (χ4n) is 2.27. The van der Waals surface area contributed by atoms with E-state index in [1.807, 2.05) is 18.2 Å². The zero-order chi connectivity index (χ0) is 13.1. The van der Waals surface area contributed by atoms with Gasteiger partial charge in [0.05, 0.1) is 12.1 Å². The van der Waals surface area contributed by atoms with Crippen molar-refractivity contribution in [3.8, 4) is 0 Å². The lowest BCUT2D eigenvalue weighted by Gasteiger charge is -2.14. The molecule has 98 valence electrons. The van der Waals surface area contributed by atoms with E-state index in [4.69, 9.17) is 4.42 Å². The maximum Gasteiger partial charge on any atom is 0.134 e. The lowest BCUT2D eigenvalue weighted by atomic mass is 10.0. The molecule has 18 heavy (non-hydrogen) atoms. The summed E-state index contributed by atoms with van der Waals surface area (Å²) in [6.07, 6.45) is 0.606. The summed E-state index contributed by atoms with van der Waals surface area (Å²) in [6, 6.07) is 8.24. The molecule has 0 bridgehead atoms. The van der Waals surface area contributed by atoms with E-state index in [2.05, 4.69) is 25.2 Å². The molecule has 0 amide bonds. The zero-order valence-corrected chi connectivity index (χ0v) is 11.2. The predicted molar refractivity (Wildman–Crippen MR) is 73.7 cm³/mol. The molecule has 3 nitrogen and oxygen atoms in total. The number of fused-ring (bicyclic) bond motifs is 1. The lowest BCUT2D eigenvalue weighted by molar-refractivity contribution is 0.185. The highest BCUT2D eigenvalue weighted by molar-refractivity contribution is 5.82. The smallest absolute Gasteiger partial charge is 0.134 e. The number of furan rings is 1. The number of nitrogens with one attached hydrogen (secondary N) is 1. The van der Waals surface area contributed by atoms with Gasteiger partial charge in [-0.1, -0.05) is 25.1 Å². The van der Waals surface area contributed by atoms with Crippen LogP contribution in [0.5, 0.6) is 0 Å². The van der Waals surface area contributed by atoms with E-state index in [0.29, 0.717) is 6.54 Å². The van der Waals surface area contributed by atoms with Gasteiger partial charge in [0.2, 0.25) is 0 Å². The Hall–Kier alpha value is -1.32. The number of aliphatic hydroxyl groups is 1. The molecule has 1 aromatic carbocycles. The Morgan fingerprint density at radius 1 is 1.28 bits per heavy atom. The van der Waals surface area contributed by atoms with Crippen molar-refractivity contribution >= 4 is 11.0 Å². The number of benzene rings is 1. The summed E-state index contributed by atoms with van der Waals surface area (Å²) >= 11 is 0. The van der Waals surface area contributed by atoms with E-state index in [1.165, 1.54) is 10.9 Å². The Balaban J connectivity index is 2.31. The van der Waals surface area contributed by atoms with E-state index in [9.17, 15) is 5.11 Å². The van der Waals surface area contributed by atoms with Crippen LogP contribution in [0.3, 0.4) is 0 Å². The average Bonchev–Trinajstić information content (AvgIpc) is 2.74. The van der Waals surface area contributed by atoms with Crippen LogP contribution < -0.4 is 5.32 Å². The van der Waals surface area contributed by atoms with Gasteiger partial charge < -0.3 is 14.8 Å². The molecule has 0 radical (unpaired) electrons. The highest BCUT2D eigenvalue weighted by Gasteiger charge is 2.17. The largest absolute Gasteiger partial charge is 0.459 e. The first-order chi connectivity index (χ1) is 8.63. The SMILES string of the molecule is CCc1c(C(C)NCC(C)O)oc2ccccc12. The standard InChI is InChI=1S/C15H21NO2/c1-4-12-13-7-5-6-8-14(13)18-15(12)11(3)16-9-10(2)17/h5-8,10-11,16-17H,4,9H2,1-3H3. The van der Waals surface area contributed by atoms with Gasteiger partial charge in [0.15, 0.2) is 0 Å². The molecule has 2 aromatic rings. The molecule has 0 saturated carbocycles. The van der Waals surface area contributed by atoms with E-state index in [1.54, 1.807) is 6.92 Å². The van der Waals surface area contributed by atoms with Crippen molar-refractivity contribution in [1.29, 1.82) is 0 Å². The van der Waals surface area contributed by atoms with Crippen LogP contribution in [0, 0.1) is 0 Å². The molecule has 0 aliphatic rings. The minimum Gasteiger partial charge on any atom is -0.459 e. The molecule has 0 fully saturated rings. The van der Waals surface area contributed by atoms with E-state index in [-0.39, 0.29) is 12.1 Å². The number of hydrogen-bond acceptors (Lipinski definition) is 3. The van der Waals surface area contributed by atoms with Gasteiger partial charge in [-0.05, 0) is 26.3 Å². The molecule has 2 N–H and O–H groups in total. The molecule has 0 spiro atoms. The van der Waals surface area contributed by atoms with Crippen molar-refractivity contribution in [1.82, 2.24) is 5.32 Å². The zero-order valence-electron chi connectivity index (χ0n) is 11.2. The second-order valence-corrected chi connectivity index (χ2v) is 4.77. The molecule has 0 saturated heterocycles. The van der Waals surface area contributed by atoms with Gasteiger partial charge in [0.25, 0.3) is 0 Å². The number of rotatable bonds is 5. The highest BCUT2D eigenvalue weighted by atomic mass is 16.3. The summed E-state index contributed by atoms with van der Waals surface area (Å²) in [5.74, 6) is 0.986. The van der Waals surface area contributed by atoms with Crippen molar-refractivity contribution in [2.75, 3.05) is 6.54 Å². The molecule has 1 aromatic heterocycles. The summed E-state index contributed by atoms with van der Waals surface area (Å²) in [5.41, 5.74) is 2.20. The quantitative estimate of drug-likeness (QED) is 0.853. The Bertz CT molecular complexity index is 516. The maximum absolute atomic E-state index is 9.32.